The number of likely N-dealkylation sites (tertiary alicyclic amines) is 1. The summed E-state index contributed by atoms with van der Waals surface area (Å²) in [7, 11) is 1.37. The third-order valence-electron chi connectivity index (χ3n) is 4.19. The maximum absolute atomic E-state index is 11.6. The maximum Gasteiger partial charge on any atom is 0.354 e. The lowest BCUT2D eigenvalue weighted by atomic mass is 10.0. The quantitative estimate of drug-likeness (QED) is 0.632. The van der Waals surface area contributed by atoms with Gasteiger partial charge in [0.1, 0.15) is 5.69 Å². The predicted molar refractivity (Wildman–Crippen MR) is 94.1 cm³/mol. The average molecular weight is 359 g/mol. The Morgan fingerprint density at radius 3 is 2.96 bits per heavy atom. The van der Waals surface area contributed by atoms with Crippen molar-refractivity contribution in [2.75, 3.05) is 26.7 Å². The molecule has 8 heteroatoms. The summed E-state index contributed by atoms with van der Waals surface area (Å²) in [6, 6.07) is 2.15. The van der Waals surface area contributed by atoms with E-state index in [1.165, 1.54) is 13.5 Å². The van der Waals surface area contributed by atoms with E-state index in [-0.39, 0.29) is 24.3 Å². The number of H-pyrrole nitrogens is 1. The fraction of sp³-hybridized carbons (Fsp3) is 0.625. The number of nitrogens with one attached hydrogen (secondary N) is 2. The van der Waals surface area contributed by atoms with Crippen LogP contribution in [0.3, 0.4) is 0 Å². The number of halogens is 1. The van der Waals surface area contributed by atoms with Crippen molar-refractivity contribution in [3.63, 3.8) is 0 Å². The molecule has 2 heterocycles. The minimum absolute atomic E-state index is 0. The van der Waals surface area contributed by atoms with E-state index in [2.05, 4.69) is 15.2 Å². The lowest BCUT2D eigenvalue weighted by molar-refractivity contribution is -0.121. The normalized spacial score (nSPS) is 17.8. The van der Waals surface area contributed by atoms with Crippen molar-refractivity contribution in [2.24, 2.45) is 5.73 Å². The highest BCUT2D eigenvalue weighted by atomic mass is 35.5. The molecule has 0 spiro atoms. The molecule has 24 heavy (non-hydrogen) atoms. The first-order chi connectivity index (χ1) is 11.1. The Morgan fingerprint density at radius 2 is 2.25 bits per heavy atom. The van der Waals surface area contributed by atoms with Gasteiger partial charge in [-0.05, 0) is 31.0 Å². The first-order valence-corrected chi connectivity index (χ1v) is 8.10. The number of aromatic nitrogens is 1. The molecule has 1 aliphatic heterocycles. The van der Waals surface area contributed by atoms with Crippen molar-refractivity contribution in [1.29, 1.82) is 0 Å². The molecule has 7 nitrogen and oxygen atoms in total. The summed E-state index contributed by atoms with van der Waals surface area (Å²) in [6.45, 7) is 2.77. The van der Waals surface area contributed by atoms with Crippen molar-refractivity contribution < 1.29 is 14.3 Å². The van der Waals surface area contributed by atoms with E-state index in [0.29, 0.717) is 31.2 Å². The molecular formula is C16H27ClN4O3. The fourth-order valence-electron chi connectivity index (χ4n) is 2.94. The van der Waals surface area contributed by atoms with Gasteiger partial charge in [0.05, 0.1) is 7.11 Å². The van der Waals surface area contributed by atoms with Crippen LogP contribution in [-0.4, -0.2) is 54.5 Å². The second-order valence-corrected chi connectivity index (χ2v) is 5.88. The number of nitrogens with zero attached hydrogens (tertiary/aromatic N) is 1. The standard InChI is InChI=1S/C16H26N4O3.ClH/c1-23-16(22)14-8-12(9-18-14)11-20-7-3-2-4-13(20)10-19-15(21)5-6-17;/h8-9,13,18H,2-7,10-11,17H2,1H3,(H,19,21);1H. The van der Waals surface area contributed by atoms with Gasteiger partial charge < -0.3 is 20.8 Å². The molecule has 1 unspecified atom stereocenters. The van der Waals surface area contributed by atoms with Gasteiger partial charge in [0.15, 0.2) is 0 Å². The molecule has 1 saturated heterocycles. The molecule has 0 aromatic carbocycles. The SMILES string of the molecule is COC(=O)c1cc(CN2CCCCC2CNC(=O)CCN)c[nH]1.Cl. The molecule has 1 fully saturated rings. The molecular weight excluding hydrogens is 332 g/mol. The van der Waals surface area contributed by atoms with Gasteiger partial charge in [0, 0.05) is 38.3 Å². The Kier molecular flexibility index (Phi) is 8.81. The van der Waals surface area contributed by atoms with E-state index < -0.39 is 0 Å². The summed E-state index contributed by atoms with van der Waals surface area (Å²) >= 11 is 0. The van der Waals surface area contributed by atoms with E-state index in [1.807, 2.05) is 12.3 Å². The number of ether oxygens (including phenoxy) is 1. The Morgan fingerprint density at radius 1 is 1.46 bits per heavy atom. The van der Waals surface area contributed by atoms with Crippen LogP contribution < -0.4 is 11.1 Å². The van der Waals surface area contributed by atoms with Gasteiger partial charge in [-0.1, -0.05) is 6.42 Å². The zero-order valence-corrected chi connectivity index (χ0v) is 14.9. The highest BCUT2D eigenvalue weighted by Gasteiger charge is 2.23. The van der Waals surface area contributed by atoms with Crippen LogP contribution in [0.15, 0.2) is 12.3 Å². The average Bonchev–Trinajstić information content (AvgIpc) is 3.02. The van der Waals surface area contributed by atoms with Crippen molar-refractivity contribution in [3.05, 3.63) is 23.5 Å². The number of carbonyl (C=O) groups is 2. The Bertz CT molecular complexity index is 535. The van der Waals surface area contributed by atoms with Crippen LogP contribution in [-0.2, 0) is 16.1 Å². The predicted octanol–water partition coefficient (Wildman–Crippen LogP) is 1.04. The summed E-state index contributed by atoms with van der Waals surface area (Å²) in [4.78, 5) is 28.4. The van der Waals surface area contributed by atoms with Crippen LogP contribution in [0.5, 0.6) is 0 Å². The number of piperidine rings is 1. The van der Waals surface area contributed by atoms with Gasteiger partial charge >= 0.3 is 5.97 Å². The molecule has 0 bridgehead atoms. The molecule has 0 radical (unpaired) electrons. The van der Waals surface area contributed by atoms with Gasteiger partial charge in [0.25, 0.3) is 0 Å². The van der Waals surface area contributed by atoms with Gasteiger partial charge in [-0.2, -0.15) is 0 Å². The minimum Gasteiger partial charge on any atom is -0.464 e. The Labute approximate surface area is 148 Å². The highest BCUT2D eigenvalue weighted by molar-refractivity contribution is 5.87. The van der Waals surface area contributed by atoms with Crippen LogP contribution in [0.2, 0.25) is 0 Å². The summed E-state index contributed by atoms with van der Waals surface area (Å²) in [5.41, 5.74) is 6.91. The Balaban J connectivity index is 0.00000288. The summed E-state index contributed by atoms with van der Waals surface area (Å²) < 4.78 is 4.71. The van der Waals surface area contributed by atoms with E-state index >= 15 is 0 Å². The molecule has 0 aliphatic carbocycles. The minimum atomic E-state index is -0.361. The van der Waals surface area contributed by atoms with Gasteiger partial charge in [-0.25, -0.2) is 4.79 Å². The van der Waals surface area contributed by atoms with Crippen molar-refractivity contribution in [2.45, 2.75) is 38.3 Å². The number of amides is 1. The van der Waals surface area contributed by atoms with E-state index in [0.717, 1.165) is 31.5 Å². The molecule has 2 rings (SSSR count). The summed E-state index contributed by atoms with van der Waals surface area (Å²) in [5.74, 6) is -0.354. The topological polar surface area (TPSA) is 100 Å². The smallest absolute Gasteiger partial charge is 0.354 e. The molecule has 0 saturated carbocycles. The zero-order chi connectivity index (χ0) is 16.7. The number of hydrogen-bond donors (Lipinski definition) is 3. The Hall–Kier alpha value is -1.57. The van der Waals surface area contributed by atoms with E-state index in [4.69, 9.17) is 10.5 Å². The number of rotatable bonds is 7. The fourth-order valence-corrected chi connectivity index (χ4v) is 2.94. The monoisotopic (exact) mass is 358 g/mol. The first kappa shape index (κ1) is 20.5. The summed E-state index contributed by atoms with van der Waals surface area (Å²) in [5, 5.41) is 2.96. The van der Waals surface area contributed by atoms with Crippen LogP contribution in [0.1, 0.15) is 41.7 Å². The van der Waals surface area contributed by atoms with Gasteiger partial charge in [0.2, 0.25) is 5.91 Å². The zero-order valence-electron chi connectivity index (χ0n) is 14.0. The maximum atomic E-state index is 11.6. The van der Waals surface area contributed by atoms with Gasteiger partial charge in [-0.3, -0.25) is 9.69 Å². The lowest BCUT2D eigenvalue weighted by Gasteiger charge is -2.35. The van der Waals surface area contributed by atoms with E-state index in [1.54, 1.807) is 0 Å². The van der Waals surface area contributed by atoms with Crippen LogP contribution >= 0.6 is 12.4 Å². The molecule has 1 atom stereocenters. The number of nitrogens with two attached hydrogens (primary N) is 1. The second-order valence-electron chi connectivity index (χ2n) is 5.88. The molecule has 4 N–H and O–H groups in total. The van der Waals surface area contributed by atoms with Crippen LogP contribution in [0.4, 0.5) is 0 Å². The second kappa shape index (κ2) is 10.3. The van der Waals surface area contributed by atoms with Gasteiger partial charge in [-0.15, -0.1) is 12.4 Å². The number of hydrogen-bond acceptors (Lipinski definition) is 5. The van der Waals surface area contributed by atoms with Crippen LogP contribution in [0.25, 0.3) is 0 Å². The molecule has 1 amide bonds. The third-order valence-corrected chi connectivity index (χ3v) is 4.19. The molecule has 136 valence electrons. The van der Waals surface area contributed by atoms with Crippen molar-refractivity contribution in [1.82, 2.24) is 15.2 Å². The number of carbonyl (C=O) groups excluding carboxylic acids is 2. The molecule has 1 aromatic rings. The number of esters is 1. The molecule has 1 aromatic heterocycles. The van der Waals surface area contributed by atoms with Crippen molar-refractivity contribution in [3.8, 4) is 0 Å². The number of methoxy groups -OCH3 is 1. The van der Waals surface area contributed by atoms with Crippen molar-refractivity contribution >= 4 is 24.3 Å². The van der Waals surface area contributed by atoms with E-state index in [9.17, 15) is 9.59 Å². The largest absolute Gasteiger partial charge is 0.464 e. The summed E-state index contributed by atoms with van der Waals surface area (Å²) in [6.07, 6.45) is 5.60. The lowest BCUT2D eigenvalue weighted by Crippen LogP contribution is -2.46. The number of aromatic amines is 1. The highest BCUT2D eigenvalue weighted by Crippen LogP contribution is 2.19. The third kappa shape index (κ3) is 5.81. The molecule has 1 aliphatic rings. The first-order valence-electron chi connectivity index (χ1n) is 8.10. The van der Waals surface area contributed by atoms with Crippen LogP contribution in [0, 0.1) is 0 Å².